The van der Waals surface area contributed by atoms with E-state index in [0.29, 0.717) is 24.5 Å². The fourth-order valence-electron chi connectivity index (χ4n) is 3.68. The van der Waals surface area contributed by atoms with Crippen molar-refractivity contribution < 1.29 is 14.4 Å². The summed E-state index contributed by atoms with van der Waals surface area (Å²) in [6.45, 7) is 2.88. The second kappa shape index (κ2) is 7.93. The van der Waals surface area contributed by atoms with Gasteiger partial charge in [0.1, 0.15) is 5.69 Å². The number of rotatable bonds is 5. The highest BCUT2D eigenvalue weighted by Gasteiger charge is 2.33. The maximum atomic E-state index is 13.1. The lowest BCUT2D eigenvalue weighted by molar-refractivity contribution is 0.0599. The first-order valence-electron chi connectivity index (χ1n) is 9.51. The molecule has 146 valence electrons. The monoisotopic (exact) mass is 381 g/mol. The van der Waals surface area contributed by atoms with Crippen molar-refractivity contribution in [2.45, 2.75) is 38.8 Å². The molecular weight excluding hydrogens is 358 g/mol. The molecule has 0 radical (unpaired) electrons. The molecule has 0 unspecified atom stereocenters. The van der Waals surface area contributed by atoms with Crippen molar-refractivity contribution in [1.82, 2.24) is 24.8 Å². The Balaban J connectivity index is 1.73. The molecule has 1 aliphatic heterocycles. The van der Waals surface area contributed by atoms with Gasteiger partial charge in [-0.25, -0.2) is 0 Å². The minimum atomic E-state index is -0.177. The van der Waals surface area contributed by atoms with E-state index in [0.717, 1.165) is 36.2 Å². The number of aromatic nitrogens is 4. The number of amides is 1. The SMILES string of the molecule is Cc1cc(-c2cn(CCO)nc2[C@@H]2CCCCN2C(=O)c2ccccn2)on1. The van der Waals surface area contributed by atoms with Gasteiger partial charge in [0.15, 0.2) is 5.76 Å². The molecule has 0 bridgehead atoms. The highest BCUT2D eigenvalue weighted by molar-refractivity contribution is 5.92. The third kappa shape index (κ3) is 3.55. The number of hydrogen-bond acceptors (Lipinski definition) is 6. The predicted molar refractivity (Wildman–Crippen MR) is 101 cm³/mol. The van der Waals surface area contributed by atoms with Crippen molar-refractivity contribution in [2.24, 2.45) is 0 Å². The Bertz CT molecular complexity index is 950. The summed E-state index contributed by atoms with van der Waals surface area (Å²) in [6, 6.07) is 7.03. The molecule has 4 heterocycles. The number of carbonyl (C=O) groups excluding carboxylic acids is 1. The van der Waals surface area contributed by atoms with Gasteiger partial charge in [-0.05, 0) is 38.3 Å². The summed E-state index contributed by atoms with van der Waals surface area (Å²) < 4.78 is 7.17. The Labute approximate surface area is 162 Å². The van der Waals surface area contributed by atoms with Crippen molar-refractivity contribution in [2.75, 3.05) is 13.2 Å². The highest BCUT2D eigenvalue weighted by atomic mass is 16.5. The topological polar surface area (TPSA) is 97.3 Å². The van der Waals surface area contributed by atoms with Crippen molar-refractivity contribution in [3.63, 3.8) is 0 Å². The van der Waals surface area contributed by atoms with Crippen molar-refractivity contribution in [3.8, 4) is 11.3 Å². The zero-order valence-electron chi connectivity index (χ0n) is 15.8. The van der Waals surface area contributed by atoms with Crippen LogP contribution in [-0.4, -0.2) is 49.0 Å². The second-order valence-corrected chi connectivity index (χ2v) is 6.97. The molecule has 1 fully saturated rings. The molecule has 3 aromatic rings. The van der Waals surface area contributed by atoms with E-state index in [1.165, 1.54) is 0 Å². The van der Waals surface area contributed by atoms with Crippen LogP contribution >= 0.6 is 0 Å². The first-order chi connectivity index (χ1) is 13.7. The van der Waals surface area contributed by atoms with Gasteiger partial charge in [0.25, 0.3) is 5.91 Å². The highest BCUT2D eigenvalue weighted by Crippen LogP contribution is 2.37. The van der Waals surface area contributed by atoms with Crippen LogP contribution in [0.5, 0.6) is 0 Å². The summed E-state index contributed by atoms with van der Waals surface area (Å²) >= 11 is 0. The van der Waals surface area contributed by atoms with Gasteiger partial charge in [-0.15, -0.1) is 0 Å². The lowest BCUT2D eigenvalue weighted by Gasteiger charge is -2.35. The van der Waals surface area contributed by atoms with Gasteiger partial charge in [-0.1, -0.05) is 11.2 Å². The van der Waals surface area contributed by atoms with Gasteiger partial charge in [0.2, 0.25) is 0 Å². The Morgan fingerprint density at radius 2 is 2.25 bits per heavy atom. The quantitative estimate of drug-likeness (QED) is 0.730. The smallest absolute Gasteiger partial charge is 0.273 e. The summed E-state index contributed by atoms with van der Waals surface area (Å²) in [7, 11) is 0. The van der Waals surface area contributed by atoms with Gasteiger partial charge in [-0.3, -0.25) is 14.5 Å². The Kier molecular flexibility index (Phi) is 5.21. The van der Waals surface area contributed by atoms with E-state index in [4.69, 9.17) is 9.62 Å². The molecule has 8 heteroatoms. The normalized spacial score (nSPS) is 17.1. The predicted octanol–water partition coefficient (Wildman–Crippen LogP) is 2.60. The zero-order valence-corrected chi connectivity index (χ0v) is 15.8. The second-order valence-electron chi connectivity index (χ2n) is 6.97. The van der Waals surface area contributed by atoms with Gasteiger partial charge in [0.05, 0.1) is 36.1 Å². The molecule has 1 atom stereocenters. The van der Waals surface area contributed by atoms with Crippen molar-refractivity contribution >= 4 is 5.91 Å². The summed E-state index contributed by atoms with van der Waals surface area (Å²) in [4.78, 5) is 19.2. The van der Waals surface area contributed by atoms with Gasteiger partial charge in [-0.2, -0.15) is 5.10 Å². The van der Waals surface area contributed by atoms with Crippen LogP contribution in [-0.2, 0) is 6.54 Å². The molecule has 28 heavy (non-hydrogen) atoms. The van der Waals surface area contributed by atoms with Crippen LogP contribution in [0.3, 0.4) is 0 Å². The summed E-state index contributed by atoms with van der Waals surface area (Å²) in [5.41, 5.74) is 2.79. The lowest BCUT2D eigenvalue weighted by Crippen LogP contribution is -2.39. The number of carbonyl (C=O) groups is 1. The molecule has 4 rings (SSSR count). The van der Waals surface area contributed by atoms with Crippen LogP contribution in [0.2, 0.25) is 0 Å². The first kappa shape index (κ1) is 18.4. The number of piperidine rings is 1. The summed E-state index contributed by atoms with van der Waals surface area (Å²) in [5.74, 6) is 0.522. The van der Waals surface area contributed by atoms with E-state index < -0.39 is 0 Å². The van der Waals surface area contributed by atoms with E-state index in [-0.39, 0.29) is 18.6 Å². The summed E-state index contributed by atoms with van der Waals surface area (Å²) in [6.07, 6.45) is 6.25. The zero-order chi connectivity index (χ0) is 19.5. The third-order valence-electron chi connectivity index (χ3n) is 4.98. The van der Waals surface area contributed by atoms with E-state index in [9.17, 15) is 9.90 Å². The lowest BCUT2D eigenvalue weighted by atomic mass is 9.96. The number of aliphatic hydroxyl groups excluding tert-OH is 1. The van der Waals surface area contributed by atoms with Crippen molar-refractivity contribution in [1.29, 1.82) is 0 Å². The van der Waals surface area contributed by atoms with E-state index in [1.54, 1.807) is 23.0 Å². The van der Waals surface area contributed by atoms with Crippen LogP contribution in [0.4, 0.5) is 0 Å². The molecule has 0 aliphatic carbocycles. The van der Waals surface area contributed by atoms with Gasteiger partial charge < -0.3 is 14.5 Å². The molecule has 1 amide bonds. The number of hydrogen-bond donors (Lipinski definition) is 1. The van der Waals surface area contributed by atoms with Crippen molar-refractivity contribution in [3.05, 3.63) is 53.7 Å². The van der Waals surface area contributed by atoms with E-state index >= 15 is 0 Å². The molecule has 0 saturated carbocycles. The average molecular weight is 381 g/mol. The number of likely N-dealkylation sites (tertiary alicyclic amines) is 1. The number of nitrogens with zero attached hydrogens (tertiary/aromatic N) is 5. The molecular formula is C20H23N5O3. The Morgan fingerprint density at radius 1 is 1.36 bits per heavy atom. The van der Waals surface area contributed by atoms with Crippen LogP contribution in [0.15, 0.2) is 41.2 Å². The van der Waals surface area contributed by atoms with E-state index in [1.807, 2.05) is 30.2 Å². The molecule has 3 aromatic heterocycles. The minimum Gasteiger partial charge on any atom is -0.394 e. The molecule has 1 N–H and O–H groups in total. The minimum absolute atomic E-state index is 0.0166. The molecule has 0 spiro atoms. The average Bonchev–Trinajstić information content (AvgIpc) is 3.34. The maximum absolute atomic E-state index is 13.1. The third-order valence-corrected chi connectivity index (χ3v) is 4.98. The van der Waals surface area contributed by atoms with Crippen LogP contribution < -0.4 is 0 Å². The Hall–Kier alpha value is -3.00. The molecule has 0 aromatic carbocycles. The Morgan fingerprint density at radius 3 is 2.96 bits per heavy atom. The number of aliphatic hydroxyl groups is 1. The fraction of sp³-hybridized carbons (Fsp3) is 0.400. The molecule has 1 saturated heterocycles. The van der Waals surface area contributed by atoms with E-state index in [2.05, 4.69) is 10.1 Å². The largest absolute Gasteiger partial charge is 0.394 e. The van der Waals surface area contributed by atoms with Gasteiger partial charge in [0, 0.05) is 25.0 Å². The van der Waals surface area contributed by atoms with Crippen LogP contribution in [0, 0.1) is 6.92 Å². The number of aryl methyl sites for hydroxylation is 1. The molecule has 8 nitrogen and oxygen atoms in total. The first-order valence-corrected chi connectivity index (χ1v) is 9.51. The van der Waals surface area contributed by atoms with Gasteiger partial charge >= 0.3 is 0 Å². The van der Waals surface area contributed by atoms with Crippen LogP contribution in [0.1, 0.15) is 47.2 Å². The van der Waals surface area contributed by atoms with Crippen LogP contribution in [0.25, 0.3) is 11.3 Å². The molecule has 1 aliphatic rings. The maximum Gasteiger partial charge on any atom is 0.273 e. The summed E-state index contributed by atoms with van der Waals surface area (Å²) in [5, 5.41) is 18.0. The standard InChI is InChI=1S/C20H23N5O3/c1-14-12-18(28-23-14)15-13-24(10-11-26)22-19(15)17-7-3-5-9-25(17)20(27)16-6-2-4-8-21-16/h2,4,6,8,12-13,17,26H,3,5,7,9-11H2,1H3/t17-/m0/s1. The fourth-order valence-corrected chi connectivity index (χ4v) is 3.68. The number of pyridine rings is 1.